The number of nitrogens with one attached hydrogen (secondary N) is 2. The van der Waals surface area contributed by atoms with Gasteiger partial charge in [0, 0.05) is 30.0 Å². The van der Waals surface area contributed by atoms with E-state index in [1.165, 1.54) is 4.90 Å². The first-order chi connectivity index (χ1) is 12.9. The minimum Gasteiger partial charge on any atom is -0.481 e. The predicted molar refractivity (Wildman–Crippen MR) is 102 cm³/mol. The summed E-state index contributed by atoms with van der Waals surface area (Å²) in [5.74, 6) is -1.14. The molecule has 0 bridgehead atoms. The van der Waals surface area contributed by atoms with E-state index >= 15 is 0 Å². The first-order valence-corrected chi connectivity index (χ1v) is 8.63. The molecule has 1 fully saturated rings. The van der Waals surface area contributed by atoms with Gasteiger partial charge in [-0.05, 0) is 43.7 Å². The van der Waals surface area contributed by atoms with Crippen LogP contribution >= 0.6 is 0 Å². The monoisotopic (exact) mass is 367 g/mol. The van der Waals surface area contributed by atoms with Crippen molar-refractivity contribution in [1.29, 1.82) is 0 Å². The van der Waals surface area contributed by atoms with Gasteiger partial charge in [0.15, 0.2) is 0 Å². The fraction of sp³-hybridized carbons (Fsp3) is 0.250. The zero-order valence-corrected chi connectivity index (χ0v) is 14.9. The highest BCUT2D eigenvalue weighted by atomic mass is 16.4. The molecule has 1 atom stereocenters. The summed E-state index contributed by atoms with van der Waals surface area (Å²) in [5, 5.41) is 14.8. The highest BCUT2D eigenvalue weighted by molar-refractivity contribution is 6.04. The van der Waals surface area contributed by atoms with Crippen molar-refractivity contribution in [3.05, 3.63) is 60.2 Å². The number of carboxylic acid groups (broad SMARTS) is 1. The Bertz CT molecular complexity index is 869. The van der Waals surface area contributed by atoms with Crippen LogP contribution in [-0.2, 0) is 4.79 Å². The highest BCUT2D eigenvalue weighted by Crippen LogP contribution is 2.30. The van der Waals surface area contributed by atoms with Crippen molar-refractivity contribution in [2.75, 3.05) is 23.7 Å². The third kappa shape index (κ3) is 4.25. The van der Waals surface area contributed by atoms with E-state index in [2.05, 4.69) is 10.6 Å². The van der Waals surface area contributed by atoms with Crippen molar-refractivity contribution >= 4 is 29.3 Å². The normalized spacial score (nSPS) is 18.8. The topological polar surface area (TPSA) is 98.7 Å². The number of urea groups is 1. The molecule has 1 saturated heterocycles. The molecule has 1 aliphatic heterocycles. The van der Waals surface area contributed by atoms with Crippen LogP contribution in [0.3, 0.4) is 0 Å². The summed E-state index contributed by atoms with van der Waals surface area (Å²) in [6.07, 6.45) is 0.420. The molecule has 140 valence electrons. The molecule has 3 rings (SSSR count). The minimum atomic E-state index is -0.914. The van der Waals surface area contributed by atoms with Crippen LogP contribution in [0.2, 0.25) is 0 Å². The Morgan fingerprint density at radius 2 is 1.67 bits per heavy atom. The number of hydrogen-bond acceptors (Lipinski definition) is 3. The third-order valence-corrected chi connectivity index (χ3v) is 4.68. The van der Waals surface area contributed by atoms with Gasteiger partial charge in [-0.2, -0.15) is 0 Å². The summed E-state index contributed by atoms with van der Waals surface area (Å²) in [6.45, 7) is 2.19. The zero-order valence-electron chi connectivity index (χ0n) is 14.9. The number of amides is 3. The largest absolute Gasteiger partial charge is 0.481 e. The van der Waals surface area contributed by atoms with Gasteiger partial charge in [0.1, 0.15) is 0 Å². The Kier molecular flexibility index (Phi) is 5.12. The van der Waals surface area contributed by atoms with Crippen molar-refractivity contribution in [3.63, 3.8) is 0 Å². The van der Waals surface area contributed by atoms with Crippen LogP contribution in [0.15, 0.2) is 54.6 Å². The van der Waals surface area contributed by atoms with Gasteiger partial charge >= 0.3 is 12.0 Å². The molecular formula is C20H21N3O4. The number of rotatable bonds is 4. The molecule has 2 aromatic carbocycles. The second kappa shape index (κ2) is 7.49. The summed E-state index contributed by atoms with van der Waals surface area (Å²) in [7, 11) is 0. The van der Waals surface area contributed by atoms with E-state index in [-0.39, 0.29) is 18.5 Å². The number of carbonyl (C=O) groups is 3. The molecule has 3 amide bonds. The second-order valence-corrected chi connectivity index (χ2v) is 6.87. The van der Waals surface area contributed by atoms with Crippen LogP contribution in [0.4, 0.5) is 16.2 Å². The molecule has 7 heteroatoms. The number of aliphatic carboxylic acids is 1. The predicted octanol–water partition coefficient (Wildman–Crippen LogP) is 3.27. The molecular weight excluding hydrogens is 346 g/mol. The summed E-state index contributed by atoms with van der Waals surface area (Å²) in [4.78, 5) is 37.4. The van der Waals surface area contributed by atoms with E-state index in [0.29, 0.717) is 29.9 Å². The van der Waals surface area contributed by atoms with Gasteiger partial charge < -0.3 is 20.6 Å². The lowest BCUT2D eigenvalue weighted by atomic mass is 9.90. The number of hydrogen-bond donors (Lipinski definition) is 3. The standard InChI is InChI=1S/C20H21N3O4/c1-20(18(25)26)10-11-23(13-20)19(27)22-16-9-5-8-15(12-16)21-17(24)14-6-3-2-4-7-14/h2-9,12H,10-11,13H2,1H3,(H,21,24)(H,22,27)(H,25,26). The maximum absolute atomic E-state index is 12.4. The molecule has 27 heavy (non-hydrogen) atoms. The van der Waals surface area contributed by atoms with E-state index in [9.17, 15) is 19.5 Å². The van der Waals surface area contributed by atoms with Crippen LogP contribution in [0.1, 0.15) is 23.7 Å². The van der Waals surface area contributed by atoms with Crippen LogP contribution in [0.5, 0.6) is 0 Å². The van der Waals surface area contributed by atoms with Crippen LogP contribution in [0, 0.1) is 5.41 Å². The molecule has 0 aromatic heterocycles. The molecule has 7 nitrogen and oxygen atoms in total. The lowest BCUT2D eigenvalue weighted by Crippen LogP contribution is -2.37. The number of benzene rings is 2. The molecule has 3 N–H and O–H groups in total. The Morgan fingerprint density at radius 3 is 2.30 bits per heavy atom. The first kappa shape index (κ1) is 18.4. The number of carbonyl (C=O) groups excluding carboxylic acids is 2. The van der Waals surface area contributed by atoms with Crippen molar-refractivity contribution < 1.29 is 19.5 Å². The highest BCUT2D eigenvalue weighted by Gasteiger charge is 2.42. The second-order valence-electron chi connectivity index (χ2n) is 6.87. The van der Waals surface area contributed by atoms with E-state index < -0.39 is 11.4 Å². The van der Waals surface area contributed by atoms with Crippen molar-refractivity contribution in [3.8, 4) is 0 Å². The van der Waals surface area contributed by atoms with Gasteiger partial charge in [0.25, 0.3) is 5.91 Å². The lowest BCUT2D eigenvalue weighted by molar-refractivity contribution is -0.146. The van der Waals surface area contributed by atoms with Crippen LogP contribution in [0.25, 0.3) is 0 Å². The van der Waals surface area contributed by atoms with Gasteiger partial charge in [-0.3, -0.25) is 9.59 Å². The molecule has 1 heterocycles. The molecule has 1 aliphatic rings. The lowest BCUT2D eigenvalue weighted by Gasteiger charge is -2.20. The number of carboxylic acids is 1. The minimum absolute atomic E-state index is 0.165. The Morgan fingerprint density at radius 1 is 1.00 bits per heavy atom. The number of likely N-dealkylation sites (tertiary alicyclic amines) is 1. The molecule has 0 saturated carbocycles. The summed E-state index contributed by atoms with van der Waals surface area (Å²) in [6, 6.07) is 15.3. The maximum atomic E-state index is 12.4. The smallest absolute Gasteiger partial charge is 0.321 e. The summed E-state index contributed by atoms with van der Waals surface area (Å²) >= 11 is 0. The molecule has 1 unspecified atom stereocenters. The Hall–Kier alpha value is -3.35. The number of nitrogens with zero attached hydrogens (tertiary/aromatic N) is 1. The molecule has 0 radical (unpaired) electrons. The van der Waals surface area contributed by atoms with Crippen molar-refractivity contribution in [2.24, 2.45) is 5.41 Å². The zero-order chi connectivity index (χ0) is 19.4. The fourth-order valence-corrected chi connectivity index (χ4v) is 2.98. The molecule has 0 aliphatic carbocycles. The van der Waals surface area contributed by atoms with Gasteiger partial charge in [-0.1, -0.05) is 24.3 Å². The van der Waals surface area contributed by atoms with Crippen LogP contribution < -0.4 is 10.6 Å². The molecule has 2 aromatic rings. The quantitative estimate of drug-likeness (QED) is 0.772. The first-order valence-electron chi connectivity index (χ1n) is 8.63. The van der Waals surface area contributed by atoms with Gasteiger partial charge in [0.2, 0.25) is 0 Å². The average molecular weight is 367 g/mol. The average Bonchev–Trinajstić information content (AvgIpc) is 3.07. The number of anilines is 2. The van der Waals surface area contributed by atoms with E-state index in [0.717, 1.165) is 0 Å². The van der Waals surface area contributed by atoms with Crippen LogP contribution in [-0.4, -0.2) is 41.0 Å². The summed E-state index contributed by atoms with van der Waals surface area (Å²) < 4.78 is 0. The Balaban J connectivity index is 1.63. The summed E-state index contributed by atoms with van der Waals surface area (Å²) in [5.41, 5.74) is 0.702. The van der Waals surface area contributed by atoms with E-state index in [4.69, 9.17) is 0 Å². The Labute approximate surface area is 157 Å². The SMILES string of the molecule is CC1(C(=O)O)CCN(C(=O)Nc2cccc(NC(=O)c3ccccc3)c2)C1. The maximum Gasteiger partial charge on any atom is 0.321 e. The van der Waals surface area contributed by atoms with Gasteiger partial charge in [-0.25, -0.2) is 4.79 Å². The third-order valence-electron chi connectivity index (χ3n) is 4.68. The van der Waals surface area contributed by atoms with Gasteiger partial charge in [0.05, 0.1) is 5.41 Å². The molecule has 0 spiro atoms. The fourth-order valence-electron chi connectivity index (χ4n) is 2.98. The van der Waals surface area contributed by atoms with Gasteiger partial charge in [-0.15, -0.1) is 0 Å². The van der Waals surface area contributed by atoms with Crippen molar-refractivity contribution in [1.82, 2.24) is 4.90 Å². The van der Waals surface area contributed by atoms with E-state index in [1.54, 1.807) is 55.5 Å². The van der Waals surface area contributed by atoms with Crippen molar-refractivity contribution in [2.45, 2.75) is 13.3 Å². The van der Waals surface area contributed by atoms with E-state index in [1.807, 2.05) is 6.07 Å².